The number of benzene rings is 2. The number of alkyl halides is 6. The van der Waals surface area contributed by atoms with Gasteiger partial charge in [0.2, 0.25) is 0 Å². The molecule has 4 aromatic heterocycles. The summed E-state index contributed by atoms with van der Waals surface area (Å²) in [7, 11) is 0. The molecule has 0 amide bonds. The van der Waals surface area contributed by atoms with Crippen molar-refractivity contribution in [2.75, 3.05) is 31.1 Å². The van der Waals surface area contributed by atoms with Crippen molar-refractivity contribution in [2.45, 2.75) is 128 Å². The smallest absolute Gasteiger partial charge is 0.355 e. The van der Waals surface area contributed by atoms with Crippen molar-refractivity contribution in [3.63, 3.8) is 0 Å². The van der Waals surface area contributed by atoms with Gasteiger partial charge in [-0.25, -0.2) is 19.9 Å². The van der Waals surface area contributed by atoms with Gasteiger partial charge < -0.3 is 10.2 Å². The zero-order valence-electron chi connectivity index (χ0n) is 40.5. The lowest BCUT2D eigenvalue weighted by Gasteiger charge is -2.25. The molecule has 2 saturated heterocycles. The molecule has 10 rings (SSSR count). The van der Waals surface area contributed by atoms with E-state index in [4.69, 9.17) is 11.6 Å². The van der Waals surface area contributed by atoms with E-state index in [-0.39, 0.29) is 25.7 Å². The van der Waals surface area contributed by atoms with Gasteiger partial charge in [-0.1, -0.05) is 60.1 Å². The molecule has 4 fully saturated rings. The maximum absolute atomic E-state index is 12.9. The summed E-state index contributed by atoms with van der Waals surface area (Å²) in [4.78, 5) is 20.1. The first-order valence-corrected chi connectivity index (χ1v) is 26.3. The predicted molar refractivity (Wildman–Crippen MR) is 271 cm³/mol. The lowest BCUT2D eigenvalue weighted by atomic mass is 9.83. The van der Waals surface area contributed by atoms with Gasteiger partial charge in [0.25, 0.3) is 0 Å². The molecule has 4 aliphatic rings. The van der Waals surface area contributed by atoms with Crippen LogP contribution in [0.3, 0.4) is 0 Å². The highest BCUT2D eigenvalue weighted by Gasteiger charge is 2.45. The largest absolute Gasteiger partial charge is 0.393 e. The third kappa shape index (κ3) is 13.0. The summed E-state index contributed by atoms with van der Waals surface area (Å²) in [6.07, 6.45) is 4.81. The topological polar surface area (TPSA) is 114 Å². The van der Waals surface area contributed by atoms with Crippen molar-refractivity contribution in [2.24, 2.45) is 22.7 Å². The van der Waals surface area contributed by atoms with Crippen LogP contribution in [0, 0.1) is 45.3 Å². The molecule has 6 aromatic rings. The molecule has 4 atom stereocenters. The number of fused-ring (bicyclic) bond motifs is 2. The molecule has 17 heteroatoms. The molecular formula is C54H59ClF6N8S2. The van der Waals surface area contributed by atoms with E-state index in [1.165, 1.54) is 87.9 Å². The minimum absolute atomic E-state index is 0.185. The van der Waals surface area contributed by atoms with E-state index >= 15 is 0 Å². The summed E-state index contributed by atoms with van der Waals surface area (Å²) in [5, 5.41) is 23.5. The van der Waals surface area contributed by atoms with Gasteiger partial charge in [0.1, 0.15) is 33.3 Å². The number of halogens is 7. The summed E-state index contributed by atoms with van der Waals surface area (Å²) in [5.74, 6) is 2.24. The van der Waals surface area contributed by atoms with Crippen LogP contribution in [0.15, 0.2) is 73.3 Å². The number of nitrogens with zero attached hydrogens (tertiary/aromatic N) is 7. The van der Waals surface area contributed by atoms with E-state index in [0.29, 0.717) is 26.4 Å². The van der Waals surface area contributed by atoms with Crippen LogP contribution >= 0.6 is 34.3 Å². The van der Waals surface area contributed by atoms with Gasteiger partial charge in [-0.05, 0) is 156 Å². The summed E-state index contributed by atoms with van der Waals surface area (Å²) >= 11 is 7.81. The Hall–Kier alpha value is -4.87. The molecule has 2 aliphatic carbocycles. The lowest BCUT2D eigenvalue weighted by molar-refractivity contribution is -0.127. The first-order chi connectivity index (χ1) is 33.5. The van der Waals surface area contributed by atoms with Crippen LogP contribution < -0.4 is 10.2 Å². The number of hydrogen-bond donors (Lipinski definition) is 1. The predicted octanol–water partition coefficient (Wildman–Crippen LogP) is 14.1. The van der Waals surface area contributed by atoms with Crippen molar-refractivity contribution >= 4 is 60.5 Å². The first-order valence-electron chi connectivity index (χ1n) is 24.3. The van der Waals surface area contributed by atoms with Crippen molar-refractivity contribution < 1.29 is 26.3 Å². The number of anilines is 1. The molecule has 2 aromatic carbocycles. The van der Waals surface area contributed by atoms with Gasteiger partial charge in [0, 0.05) is 34.8 Å². The van der Waals surface area contributed by atoms with Crippen LogP contribution in [0.4, 0.5) is 32.2 Å². The summed E-state index contributed by atoms with van der Waals surface area (Å²) in [6.45, 7) is 12.1. The van der Waals surface area contributed by atoms with E-state index in [1.807, 2.05) is 27.7 Å². The second kappa shape index (κ2) is 20.9. The molecule has 0 bridgehead atoms. The van der Waals surface area contributed by atoms with Crippen LogP contribution in [0.25, 0.3) is 20.4 Å². The van der Waals surface area contributed by atoms with Gasteiger partial charge in [-0.15, -0.1) is 22.7 Å². The Labute approximate surface area is 424 Å². The van der Waals surface area contributed by atoms with Gasteiger partial charge >= 0.3 is 12.4 Å². The molecule has 4 unspecified atom stereocenters. The van der Waals surface area contributed by atoms with E-state index < -0.39 is 30.6 Å². The molecule has 71 heavy (non-hydrogen) atoms. The van der Waals surface area contributed by atoms with E-state index in [0.717, 1.165) is 83.3 Å². The van der Waals surface area contributed by atoms with Gasteiger partial charge in [-0.3, -0.25) is 0 Å². The first kappa shape index (κ1) is 52.5. The number of aromatic nitrogens is 4. The molecule has 6 heterocycles. The van der Waals surface area contributed by atoms with Gasteiger partial charge in [-0.2, -0.15) is 36.9 Å². The molecule has 2 spiro atoms. The Morgan fingerprint density at radius 3 is 1.66 bits per heavy atom. The van der Waals surface area contributed by atoms with Crippen LogP contribution in [0.1, 0.15) is 111 Å². The second-order valence-corrected chi connectivity index (χ2v) is 24.0. The number of nitriles is 2. The molecule has 0 radical (unpaired) electrons. The van der Waals surface area contributed by atoms with Crippen LogP contribution in [-0.4, -0.2) is 58.5 Å². The number of thiophene rings is 2. The zero-order valence-corrected chi connectivity index (χ0v) is 42.9. The van der Waals surface area contributed by atoms with E-state index in [9.17, 15) is 36.9 Å². The summed E-state index contributed by atoms with van der Waals surface area (Å²) < 4.78 is 75.0. The molecule has 1 N–H and O–H groups in total. The molecule has 2 aliphatic heterocycles. The highest BCUT2D eigenvalue weighted by Crippen LogP contribution is 2.51. The standard InChI is InChI=1S/C27H29F3N4S.C19H26N2.C8H4ClF3N2S/c1-25(2,15-31)20-5-3-18(4-6-20)11-19-7-8-26(13-19)9-10-34(16-26)23-22-12-21(14-27(28,29)30)35-24(22)33-17-32-23;1-18(2,13-20)17-5-3-15(4-6-17)11-16-7-8-19(12-16)9-10-21-14-19;9-6-5-1-4(2-8(10,11)12)15-7(5)14-3-13-6/h3-6,12,17,19H,7-11,13-14,16H2,1-2H3;3-6,16,21H,7-12,14H2,1-2H3;1,3H,2H2. The Balaban J connectivity index is 0.000000159. The third-order valence-corrected chi connectivity index (χ3v) is 17.5. The van der Waals surface area contributed by atoms with Gasteiger partial charge in [0.05, 0.1) is 41.2 Å². The Morgan fingerprint density at radius 2 is 1.17 bits per heavy atom. The minimum Gasteiger partial charge on any atom is -0.355 e. The molecular weight excluding hydrogens is 974 g/mol. The van der Waals surface area contributed by atoms with Crippen LogP contribution in [0.5, 0.6) is 0 Å². The van der Waals surface area contributed by atoms with Gasteiger partial charge in [0.15, 0.2) is 0 Å². The van der Waals surface area contributed by atoms with Crippen molar-refractivity contribution in [3.8, 4) is 12.1 Å². The van der Waals surface area contributed by atoms with Crippen LogP contribution in [-0.2, 0) is 36.5 Å². The van der Waals surface area contributed by atoms with Crippen molar-refractivity contribution in [3.05, 3.63) is 110 Å². The number of nitrogens with one attached hydrogen (secondary N) is 1. The lowest BCUT2D eigenvalue weighted by Crippen LogP contribution is -2.26. The van der Waals surface area contributed by atoms with Crippen LogP contribution in [0.2, 0.25) is 5.15 Å². The molecule has 8 nitrogen and oxygen atoms in total. The maximum atomic E-state index is 12.9. The fourth-order valence-corrected chi connectivity index (χ4v) is 13.5. The van der Waals surface area contributed by atoms with E-state index in [2.05, 4.69) is 90.8 Å². The van der Waals surface area contributed by atoms with Crippen molar-refractivity contribution in [1.82, 2.24) is 25.3 Å². The SMILES string of the molecule is CC(C)(C#N)c1ccc(CC2CCC3(CCN(c4ncnc5sc(CC(F)(F)F)cc45)C3)C2)cc1.CC(C)(C#N)c1ccc(CC2CCC3(CCNC3)C2)cc1.FC(F)(F)Cc1cc2c(Cl)ncnc2s1. The Kier molecular flexibility index (Phi) is 15.5. The van der Waals surface area contributed by atoms with Crippen molar-refractivity contribution in [1.29, 1.82) is 10.5 Å². The normalized spacial score (nSPS) is 22.4. The fourth-order valence-electron chi connectivity index (χ4n) is 11.2. The maximum Gasteiger partial charge on any atom is 0.393 e. The highest BCUT2D eigenvalue weighted by atomic mass is 35.5. The van der Waals surface area contributed by atoms with E-state index in [1.54, 1.807) is 6.07 Å². The average Bonchev–Trinajstić information content (AvgIpc) is 4.20. The minimum atomic E-state index is -4.22. The Bertz CT molecular complexity index is 2870. The quantitative estimate of drug-likeness (QED) is 0.112. The second-order valence-electron chi connectivity index (χ2n) is 21.4. The molecule has 2 saturated carbocycles. The Morgan fingerprint density at radius 1 is 0.676 bits per heavy atom. The monoisotopic (exact) mass is 1030 g/mol. The number of rotatable bonds is 9. The third-order valence-electron chi connectivity index (χ3n) is 15.1. The summed E-state index contributed by atoms with van der Waals surface area (Å²) in [6, 6.07) is 25.0. The summed E-state index contributed by atoms with van der Waals surface area (Å²) in [5.41, 5.74) is 4.91. The molecule has 376 valence electrons. The highest BCUT2D eigenvalue weighted by molar-refractivity contribution is 7.19. The zero-order chi connectivity index (χ0) is 50.8. The fraction of sp³-hybridized carbons (Fsp3) is 0.519. The number of hydrogen-bond acceptors (Lipinski definition) is 10. The average molecular weight is 1030 g/mol.